The first-order chi connectivity index (χ1) is 11.1. The molecule has 3 heteroatoms. The van der Waals surface area contributed by atoms with Crippen molar-refractivity contribution in [1.29, 1.82) is 0 Å². The Bertz CT molecular complexity index is 865. The smallest absolute Gasteiger partial charge is 0.252 e. The first-order valence-electron chi connectivity index (χ1n) is 7.71. The molecule has 116 valence electrons. The summed E-state index contributed by atoms with van der Waals surface area (Å²) in [6.45, 7) is 3.87. The van der Waals surface area contributed by atoms with Crippen molar-refractivity contribution < 1.29 is 4.79 Å². The molecular weight excluding hydrogens is 284 g/mol. The van der Waals surface area contributed by atoms with Gasteiger partial charge in [-0.25, -0.2) is 0 Å². The van der Waals surface area contributed by atoms with Crippen molar-refractivity contribution in [3.63, 3.8) is 0 Å². The number of fused-ring (bicyclic) bond motifs is 1. The van der Waals surface area contributed by atoms with Crippen LogP contribution in [0.2, 0.25) is 0 Å². The number of hydrogen-bond acceptors (Lipinski definition) is 2. The molecule has 3 rings (SSSR count). The molecule has 3 nitrogen and oxygen atoms in total. The van der Waals surface area contributed by atoms with E-state index in [9.17, 15) is 4.79 Å². The summed E-state index contributed by atoms with van der Waals surface area (Å²) in [6, 6.07) is 19.7. The predicted octanol–water partition coefficient (Wildman–Crippen LogP) is 4.22. The zero-order valence-corrected chi connectivity index (χ0v) is 13.3. The minimum atomic E-state index is -0.102. The number of rotatable bonds is 3. The van der Waals surface area contributed by atoms with Gasteiger partial charge in [0.25, 0.3) is 5.91 Å². The average Bonchev–Trinajstić information content (AvgIpc) is 2.56. The van der Waals surface area contributed by atoms with E-state index in [0.717, 1.165) is 16.5 Å². The number of carbonyl (C=O) groups excluding carboxylic acids is 1. The lowest BCUT2D eigenvalue weighted by Gasteiger charge is -2.18. The maximum absolute atomic E-state index is 12.6. The molecule has 0 saturated carbocycles. The van der Waals surface area contributed by atoms with Crippen molar-refractivity contribution in [2.45, 2.75) is 19.9 Å². The molecule has 3 N–H and O–H groups in total. The second-order valence-corrected chi connectivity index (χ2v) is 5.78. The summed E-state index contributed by atoms with van der Waals surface area (Å²) in [4.78, 5) is 12.6. The van der Waals surface area contributed by atoms with Crippen LogP contribution >= 0.6 is 0 Å². The lowest BCUT2D eigenvalue weighted by Crippen LogP contribution is -2.27. The number of hydrogen-bond donors (Lipinski definition) is 2. The molecule has 0 aliphatic carbocycles. The van der Waals surface area contributed by atoms with Gasteiger partial charge in [0.15, 0.2) is 0 Å². The van der Waals surface area contributed by atoms with Crippen LogP contribution in [0.3, 0.4) is 0 Å². The van der Waals surface area contributed by atoms with Crippen molar-refractivity contribution in [2.24, 2.45) is 0 Å². The highest BCUT2D eigenvalue weighted by atomic mass is 16.1. The van der Waals surface area contributed by atoms with Crippen LogP contribution in [-0.4, -0.2) is 5.91 Å². The average molecular weight is 304 g/mol. The minimum Gasteiger partial charge on any atom is -0.398 e. The van der Waals surface area contributed by atoms with Gasteiger partial charge in [-0.1, -0.05) is 48.5 Å². The molecule has 0 bridgehead atoms. The summed E-state index contributed by atoms with van der Waals surface area (Å²) in [5.74, 6) is -0.102. The molecule has 0 fully saturated rings. The fraction of sp³-hybridized carbons (Fsp3) is 0.150. The van der Waals surface area contributed by atoms with Crippen molar-refractivity contribution in [2.75, 3.05) is 5.73 Å². The molecule has 0 radical (unpaired) electrons. The highest BCUT2D eigenvalue weighted by Crippen LogP contribution is 2.25. The number of nitrogens with two attached hydrogens (primary N) is 1. The lowest BCUT2D eigenvalue weighted by atomic mass is 9.99. The molecule has 23 heavy (non-hydrogen) atoms. The van der Waals surface area contributed by atoms with Crippen molar-refractivity contribution in [3.05, 3.63) is 77.4 Å². The molecule has 0 aliphatic rings. The Kier molecular flexibility index (Phi) is 4.02. The van der Waals surface area contributed by atoms with Crippen LogP contribution in [-0.2, 0) is 0 Å². The summed E-state index contributed by atoms with van der Waals surface area (Å²) in [6.07, 6.45) is 0. The molecule has 1 atom stereocenters. The Labute approximate surface area is 136 Å². The second kappa shape index (κ2) is 6.13. The van der Waals surface area contributed by atoms with E-state index in [1.807, 2.05) is 32.0 Å². The number of nitrogen functional groups attached to an aromatic ring is 1. The van der Waals surface area contributed by atoms with E-state index in [1.165, 1.54) is 5.39 Å². The first-order valence-corrected chi connectivity index (χ1v) is 7.71. The number of anilines is 1. The van der Waals surface area contributed by atoms with Crippen LogP contribution in [0.5, 0.6) is 0 Å². The van der Waals surface area contributed by atoms with E-state index in [2.05, 4.69) is 29.6 Å². The standard InChI is InChI=1S/C20H20N2O/c1-13-16(10-6-12-19(13)21)20(23)22-14(2)17-11-5-8-15-7-3-4-9-18(15)17/h3-12,14H,21H2,1-2H3,(H,22,23)/t14-/m1/s1. The Balaban J connectivity index is 1.90. The van der Waals surface area contributed by atoms with E-state index in [1.54, 1.807) is 18.2 Å². The largest absolute Gasteiger partial charge is 0.398 e. The Morgan fingerprint density at radius 3 is 2.52 bits per heavy atom. The van der Waals surface area contributed by atoms with E-state index in [-0.39, 0.29) is 11.9 Å². The monoisotopic (exact) mass is 304 g/mol. The van der Waals surface area contributed by atoms with E-state index in [4.69, 9.17) is 5.73 Å². The zero-order chi connectivity index (χ0) is 16.4. The number of benzene rings is 3. The molecular formula is C20H20N2O. The Hall–Kier alpha value is -2.81. The number of amides is 1. The molecule has 0 aliphatic heterocycles. The Morgan fingerprint density at radius 2 is 1.70 bits per heavy atom. The van der Waals surface area contributed by atoms with Gasteiger partial charge >= 0.3 is 0 Å². The third-order valence-corrected chi connectivity index (χ3v) is 4.26. The van der Waals surface area contributed by atoms with E-state index in [0.29, 0.717) is 11.3 Å². The van der Waals surface area contributed by atoms with Crippen LogP contribution in [0, 0.1) is 6.92 Å². The molecule has 3 aromatic carbocycles. The normalized spacial score (nSPS) is 12.1. The van der Waals surface area contributed by atoms with Gasteiger partial charge in [-0.3, -0.25) is 4.79 Å². The van der Waals surface area contributed by atoms with Gasteiger partial charge in [-0.05, 0) is 47.9 Å². The highest BCUT2D eigenvalue weighted by Gasteiger charge is 2.15. The molecule has 0 aromatic heterocycles. The number of carbonyl (C=O) groups is 1. The van der Waals surface area contributed by atoms with Gasteiger partial charge in [-0.15, -0.1) is 0 Å². The fourth-order valence-electron chi connectivity index (χ4n) is 2.88. The quantitative estimate of drug-likeness (QED) is 0.712. The van der Waals surface area contributed by atoms with Gasteiger partial charge < -0.3 is 11.1 Å². The van der Waals surface area contributed by atoms with Gasteiger partial charge in [0.05, 0.1) is 6.04 Å². The van der Waals surface area contributed by atoms with Crippen LogP contribution < -0.4 is 11.1 Å². The van der Waals surface area contributed by atoms with Crippen LogP contribution in [0.15, 0.2) is 60.7 Å². The highest BCUT2D eigenvalue weighted by molar-refractivity contribution is 5.97. The van der Waals surface area contributed by atoms with E-state index >= 15 is 0 Å². The third kappa shape index (κ3) is 2.90. The lowest BCUT2D eigenvalue weighted by molar-refractivity contribution is 0.0939. The van der Waals surface area contributed by atoms with Gasteiger partial charge in [-0.2, -0.15) is 0 Å². The van der Waals surface area contributed by atoms with Gasteiger partial charge in [0.1, 0.15) is 0 Å². The molecule has 3 aromatic rings. The van der Waals surface area contributed by atoms with Gasteiger partial charge in [0.2, 0.25) is 0 Å². The SMILES string of the molecule is Cc1c(N)cccc1C(=O)N[C@H](C)c1cccc2ccccc12. The molecule has 1 amide bonds. The van der Waals surface area contributed by atoms with Crippen molar-refractivity contribution >= 4 is 22.4 Å². The Morgan fingerprint density at radius 1 is 1.00 bits per heavy atom. The third-order valence-electron chi connectivity index (χ3n) is 4.26. The maximum atomic E-state index is 12.6. The van der Waals surface area contributed by atoms with Crippen LogP contribution in [0.1, 0.15) is 34.5 Å². The predicted molar refractivity (Wildman–Crippen MR) is 95.4 cm³/mol. The summed E-state index contributed by atoms with van der Waals surface area (Å²) in [5.41, 5.74) is 9.08. The zero-order valence-electron chi connectivity index (χ0n) is 13.3. The van der Waals surface area contributed by atoms with E-state index < -0.39 is 0 Å². The van der Waals surface area contributed by atoms with Crippen LogP contribution in [0.25, 0.3) is 10.8 Å². The van der Waals surface area contributed by atoms with Gasteiger partial charge in [0, 0.05) is 11.3 Å². The number of nitrogens with one attached hydrogen (secondary N) is 1. The summed E-state index contributed by atoms with van der Waals surface area (Å²) in [7, 11) is 0. The fourth-order valence-corrected chi connectivity index (χ4v) is 2.88. The summed E-state index contributed by atoms with van der Waals surface area (Å²) >= 11 is 0. The van der Waals surface area contributed by atoms with Crippen LogP contribution in [0.4, 0.5) is 5.69 Å². The molecule has 0 unspecified atom stereocenters. The molecule has 0 heterocycles. The summed E-state index contributed by atoms with van der Waals surface area (Å²) < 4.78 is 0. The summed E-state index contributed by atoms with van der Waals surface area (Å²) in [5, 5.41) is 5.41. The first kappa shape index (κ1) is 15.1. The molecule has 0 spiro atoms. The van der Waals surface area contributed by atoms with Crippen molar-refractivity contribution in [3.8, 4) is 0 Å². The second-order valence-electron chi connectivity index (χ2n) is 5.78. The minimum absolute atomic E-state index is 0.0885. The molecule has 0 saturated heterocycles. The van der Waals surface area contributed by atoms with Crippen molar-refractivity contribution in [1.82, 2.24) is 5.32 Å². The topological polar surface area (TPSA) is 55.1 Å². The maximum Gasteiger partial charge on any atom is 0.252 e.